The van der Waals surface area contributed by atoms with Crippen molar-refractivity contribution < 1.29 is 14.3 Å². The van der Waals surface area contributed by atoms with E-state index in [0.29, 0.717) is 36.1 Å². The Labute approximate surface area is 181 Å². The maximum absolute atomic E-state index is 11.8. The summed E-state index contributed by atoms with van der Waals surface area (Å²) in [6.45, 7) is 4.94. The van der Waals surface area contributed by atoms with Gasteiger partial charge in [-0.1, -0.05) is 13.3 Å². The Morgan fingerprint density at radius 1 is 0.935 bits per heavy atom. The van der Waals surface area contributed by atoms with E-state index in [1.165, 1.54) is 6.33 Å². The molecule has 0 fully saturated rings. The number of ether oxygens (including phenoxy) is 2. The third-order valence-corrected chi connectivity index (χ3v) is 4.43. The van der Waals surface area contributed by atoms with E-state index in [4.69, 9.17) is 15.2 Å². The molecule has 0 atom stereocenters. The van der Waals surface area contributed by atoms with Crippen LogP contribution in [0.5, 0.6) is 5.75 Å². The van der Waals surface area contributed by atoms with Crippen LogP contribution in [0.2, 0.25) is 0 Å². The van der Waals surface area contributed by atoms with Crippen LogP contribution in [0.15, 0.2) is 54.9 Å². The van der Waals surface area contributed by atoms with Gasteiger partial charge in [-0.25, -0.2) is 14.8 Å². The lowest BCUT2D eigenvalue weighted by Gasteiger charge is -2.13. The second kappa shape index (κ2) is 10.8. The zero-order valence-electron chi connectivity index (χ0n) is 17.7. The smallest absolute Gasteiger partial charge is 0.338 e. The first-order chi connectivity index (χ1) is 15.1. The molecule has 0 aliphatic rings. The lowest BCUT2D eigenvalue weighted by Crippen LogP contribution is -2.06. The number of anilines is 5. The van der Waals surface area contributed by atoms with E-state index in [1.807, 2.05) is 24.3 Å². The van der Waals surface area contributed by atoms with Crippen molar-refractivity contribution in [3.63, 3.8) is 0 Å². The van der Waals surface area contributed by atoms with Crippen molar-refractivity contribution in [2.45, 2.75) is 26.7 Å². The number of aromatic nitrogens is 2. The fourth-order valence-corrected chi connectivity index (χ4v) is 2.74. The van der Waals surface area contributed by atoms with Gasteiger partial charge in [0, 0.05) is 11.4 Å². The van der Waals surface area contributed by atoms with Gasteiger partial charge in [0.25, 0.3) is 0 Å². The molecule has 0 saturated heterocycles. The number of carbonyl (C=O) groups is 1. The minimum absolute atomic E-state index is 0.334. The van der Waals surface area contributed by atoms with Crippen LogP contribution in [-0.4, -0.2) is 29.2 Å². The van der Waals surface area contributed by atoms with Gasteiger partial charge in [-0.05, 0) is 61.9 Å². The van der Waals surface area contributed by atoms with Gasteiger partial charge in [0.1, 0.15) is 17.8 Å². The number of nitrogens with one attached hydrogen (secondary N) is 2. The highest BCUT2D eigenvalue weighted by Crippen LogP contribution is 2.29. The van der Waals surface area contributed by atoms with E-state index in [0.717, 1.165) is 30.0 Å². The van der Waals surface area contributed by atoms with E-state index in [1.54, 1.807) is 31.2 Å². The molecule has 0 amide bonds. The zero-order chi connectivity index (χ0) is 22.1. The molecule has 8 heteroatoms. The Bertz CT molecular complexity index is 991. The standard InChI is InChI=1S/C23H27N5O3/c1-3-5-14-31-19-12-10-18(11-13-19)28-22-20(24)21(25-15-26-22)27-17-8-6-16(7-9-17)23(29)30-4-2/h6-13,15H,3-5,14,24H2,1-2H3,(H2,25,26,27,28). The van der Waals surface area contributed by atoms with E-state index in [-0.39, 0.29) is 5.97 Å². The van der Waals surface area contributed by atoms with Crippen LogP contribution < -0.4 is 21.1 Å². The van der Waals surface area contributed by atoms with Crippen molar-refractivity contribution >= 4 is 34.7 Å². The number of benzene rings is 2. The molecule has 2 aromatic carbocycles. The van der Waals surface area contributed by atoms with Crippen LogP contribution in [0, 0.1) is 0 Å². The molecule has 0 spiro atoms. The number of hydrogen-bond donors (Lipinski definition) is 3. The molecule has 31 heavy (non-hydrogen) atoms. The summed E-state index contributed by atoms with van der Waals surface area (Å²) >= 11 is 0. The number of nitrogens with zero attached hydrogens (tertiary/aromatic N) is 2. The third kappa shape index (κ3) is 6.08. The summed E-state index contributed by atoms with van der Waals surface area (Å²) < 4.78 is 10.7. The fourth-order valence-electron chi connectivity index (χ4n) is 2.74. The highest BCUT2D eigenvalue weighted by Gasteiger charge is 2.10. The van der Waals surface area contributed by atoms with Gasteiger partial charge in [-0.3, -0.25) is 0 Å². The molecule has 3 rings (SSSR count). The molecular formula is C23H27N5O3. The Balaban J connectivity index is 1.66. The largest absolute Gasteiger partial charge is 0.494 e. The molecule has 1 aromatic heterocycles. The Morgan fingerprint density at radius 3 is 2.06 bits per heavy atom. The van der Waals surface area contributed by atoms with Crippen LogP contribution in [0.4, 0.5) is 28.7 Å². The number of esters is 1. The average Bonchev–Trinajstić information content (AvgIpc) is 2.78. The average molecular weight is 422 g/mol. The normalized spacial score (nSPS) is 10.4. The topological polar surface area (TPSA) is 111 Å². The quantitative estimate of drug-likeness (QED) is 0.313. The van der Waals surface area contributed by atoms with Crippen LogP contribution in [0.25, 0.3) is 0 Å². The van der Waals surface area contributed by atoms with Gasteiger partial charge in [-0.15, -0.1) is 0 Å². The van der Waals surface area contributed by atoms with Gasteiger partial charge >= 0.3 is 5.97 Å². The van der Waals surface area contributed by atoms with Crippen molar-refractivity contribution in [2.24, 2.45) is 0 Å². The fraction of sp³-hybridized carbons (Fsp3) is 0.261. The minimum Gasteiger partial charge on any atom is -0.494 e. The summed E-state index contributed by atoms with van der Waals surface area (Å²) in [4.78, 5) is 20.2. The summed E-state index contributed by atoms with van der Waals surface area (Å²) in [6.07, 6.45) is 3.55. The molecule has 1 heterocycles. The van der Waals surface area contributed by atoms with Crippen molar-refractivity contribution in [3.8, 4) is 5.75 Å². The highest BCUT2D eigenvalue weighted by molar-refractivity contribution is 5.90. The number of unbranched alkanes of at least 4 members (excludes halogenated alkanes) is 1. The maximum atomic E-state index is 11.8. The Hall–Kier alpha value is -3.81. The zero-order valence-corrected chi connectivity index (χ0v) is 17.7. The first-order valence-electron chi connectivity index (χ1n) is 10.2. The predicted octanol–water partition coefficient (Wildman–Crippen LogP) is 4.90. The number of nitrogen functional groups attached to an aromatic ring is 1. The van der Waals surface area contributed by atoms with Gasteiger partial charge < -0.3 is 25.8 Å². The maximum Gasteiger partial charge on any atom is 0.338 e. The summed E-state index contributed by atoms with van der Waals surface area (Å²) in [7, 11) is 0. The van der Waals surface area contributed by atoms with Crippen molar-refractivity contribution in [1.29, 1.82) is 0 Å². The third-order valence-electron chi connectivity index (χ3n) is 4.43. The molecule has 0 aliphatic carbocycles. The van der Waals surface area contributed by atoms with Gasteiger partial charge in [0.2, 0.25) is 0 Å². The highest BCUT2D eigenvalue weighted by atomic mass is 16.5. The predicted molar refractivity (Wildman–Crippen MR) is 122 cm³/mol. The molecule has 3 aromatic rings. The minimum atomic E-state index is -0.358. The Kier molecular flexibility index (Phi) is 7.64. The van der Waals surface area contributed by atoms with Crippen molar-refractivity contribution in [1.82, 2.24) is 9.97 Å². The second-order valence-corrected chi connectivity index (χ2v) is 6.76. The van der Waals surface area contributed by atoms with E-state index >= 15 is 0 Å². The molecule has 0 radical (unpaired) electrons. The molecular weight excluding hydrogens is 394 g/mol. The number of rotatable bonds is 10. The molecule has 4 N–H and O–H groups in total. The van der Waals surface area contributed by atoms with Crippen LogP contribution >= 0.6 is 0 Å². The Morgan fingerprint density at radius 2 is 1.52 bits per heavy atom. The molecule has 0 aliphatic heterocycles. The SMILES string of the molecule is CCCCOc1ccc(Nc2ncnc(Nc3ccc(C(=O)OCC)cc3)c2N)cc1. The van der Waals surface area contributed by atoms with Gasteiger partial charge in [-0.2, -0.15) is 0 Å². The first-order valence-corrected chi connectivity index (χ1v) is 10.2. The van der Waals surface area contributed by atoms with Crippen molar-refractivity contribution in [2.75, 3.05) is 29.6 Å². The lowest BCUT2D eigenvalue weighted by atomic mass is 10.2. The molecule has 0 saturated carbocycles. The summed E-state index contributed by atoms with van der Waals surface area (Å²) in [6, 6.07) is 14.5. The number of carbonyl (C=O) groups excluding carboxylic acids is 1. The van der Waals surface area contributed by atoms with Gasteiger partial charge in [0.15, 0.2) is 11.6 Å². The molecule has 8 nitrogen and oxygen atoms in total. The summed E-state index contributed by atoms with van der Waals surface area (Å²) in [5.74, 6) is 1.41. The molecule has 0 unspecified atom stereocenters. The second-order valence-electron chi connectivity index (χ2n) is 6.76. The van der Waals surface area contributed by atoms with Crippen LogP contribution in [0.1, 0.15) is 37.0 Å². The van der Waals surface area contributed by atoms with E-state index < -0.39 is 0 Å². The first kappa shape index (κ1) is 21.9. The van der Waals surface area contributed by atoms with Crippen LogP contribution in [0.3, 0.4) is 0 Å². The number of hydrogen-bond acceptors (Lipinski definition) is 8. The number of nitrogens with two attached hydrogens (primary N) is 1. The summed E-state index contributed by atoms with van der Waals surface area (Å²) in [5.41, 5.74) is 8.68. The van der Waals surface area contributed by atoms with E-state index in [2.05, 4.69) is 27.5 Å². The van der Waals surface area contributed by atoms with Crippen LogP contribution in [-0.2, 0) is 4.74 Å². The van der Waals surface area contributed by atoms with E-state index in [9.17, 15) is 4.79 Å². The molecule has 0 bridgehead atoms. The summed E-state index contributed by atoms with van der Waals surface area (Å²) in [5, 5.41) is 6.34. The van der Waals surface area contributed by atoms with Crippen molar-refractivity contribution in [3.05, 3.63) is 60.4 Å². The lowest BCUT2D eigenvalue weighted by molar-refractivity contribution is 0.0526. The van der Waals surface area contributed by atoms with Gasteiger partial charge in [0.05, 0.1) is 18.8 Å². The monoisotopic (exact) mass is 421 g/mol. The molecule has 162 valence electrons.